The Morgan fingerprint density at radius 1 is 1.09 bits per heavy atom. The Bertz CT molecular complexity index is 880. The molecule has 2 aliphatic rings. The summed E-state index contributed by atoms with van der Waals surface area (Å²) in [5.74, 6) is -0.445. The van der Waals surface area contributed by atoms with Gasteiger partial charge in [-0.25, -0.2) is 4.79 Å². The summed E-state index contributed by atoms with van der Waals surface area (Å²) in [6.07, 6.45) is -0.453. The molecule has 10 heteroatoms. The molecule has 4 amide bonds. The van der Waals surface area contributed by atoms with Gasteiger partial charge in [-0.1, -0.05) is 26.0 Å². The zero-order valence-electron chi connectivity index (χ0n) is 20.2. The second-order valence-corrected chi connectivity index (χ2v) is 8.89. The number of piperazine rings is 2. The highest BCUT2D eigenvalue weighted by molar-refractivity contribution is 5.97. The molecule has 1 aromatic rings. The third-order valence-corrected chi connectivity index (χ3v) is 6.15. The van der Waals surface area contributed by atoms with Crippen LogP contribution >= 0.6 is 0 Å². The van der Waals surface area contributed by atoms with Gasteiger partial charge in [-0.2, -0.15) is 0 Å². The van der Waals surface area contributed by atoms with E-state index in [1.807, 2.05) is 29.2 Å². The highest BCUT2D eigenvalue weighted by atomic mass is 16.6. The third-order valence-electron chi connectivity index (χ3n) is 6.15. The number of nitrogens with one attached hydrogen (secondary N) is 2. The van der Waals surface area contributed by atoms with Crippen molar-refractivity contribution >= 4 is 29.5 Å². The van der Waals surface area contributed by atoms with Gasteiger partial charge in [0.25, 0.3) is 0 Å². The molecule has 2 heterocycles. The first kappa shape index (κ1) is 25.5. The molecule has 0 aliphatic carbocycles. The fraction of sp³-hybridized carbons (Fsp3) is 0.583. The van der Waals surface area contributed by atoms with Gasteiger partial charge < -0.3 is 25.2 Å². The normalized spacial score (nSPS) is 19.1. The van der Waals surface area contributed by atoms with Gasteiger partial charge in [0, 0.05) is 45.0 Å². The van der Waals surface area contributed by atoms with Crippen LogP contribution in [0.15, 0.2) is 24.3 Å². The molecule has 10 nitrogen and oxygen atoms in total. The molecule has 3 rings (SSSR count). The van der Waals surface area contributed by atoms with Crippen molar-refractivity contribution in [1.82, 2.24) is 20.0 Å². The second kappa shape index (κ2) is 11.8. The van der Waals surface area contributed by atoms with Gasteiger partial charge in [-0.05, 0) is 30.5 Å². The molecule has 34 heavy (non-hydrogen) atoms. The summed E-state index contributed by atoms with van der Waals surface area (Å²) in [5.41, 5.74) is 1.83. The topological polar surface area (TPSA) is 111 Å². The van der Waals surface area contributed by atoms with E-state index in [1.54, 1.807) is 11.8 Å². The lowest BCUT2D eigenvalue weighted by Crippen LogP contribution is -2.60. The number of hydrogen-bond donors (Lipinski definition) is 2. The Morgan fingerprint density at radius 2 is 1.76 bits per heavy atom. The maximum atomic E-state index is 13.0. The van der Waals surface area contributed by atoms with Crippen molar-refractivity contribution in [3.63, 3.8) is 0 Å². The summed E-state index contributed by atoms with van der Waals surface area (Å²) in [6.45, 7) is 9.19. The highest BCUT2D eigenvalue weighted by Crippen LogP contribution is 2.18. The number of rotatable bonds is 7. The van der Waals surface area contributed by atoms with Crippen LogP contribution in [-0.2, 0) is 19.1 Å². The molecule has 0 aromatic heterocycles. The lowest BCUT2D eigenvalue weighted by Gasteiger charge is -2.38. The van der Waals surface area contributed by atoms with Gasteiger partial charge in [0.2, 0.25) is 17.7 Å². The van der Waals surface area contributed by atoms with Crippen LogP contribution in [0.2, 0.25) is 0 Å². The van der Waals surface area contributed by atoms with E-state index in [9.17, 15) is 19.2 Å². The molecule has 1 aromatic carbocycles. The van der Waals surface area contributed by atoms with Gasteiger partial charge in [0.15, 0.2) is 0 Å². The maximum Gasteiger partial charge on any atom is 0.409 e. The zero-order valence-corrected chi connectivity index (χ0v) is 20.2. The summed E-state index contributed by atoms with van der Waals surface area (Å²) >= 11 is 0. The molecule has 2 fully saturated rings. The number of hydrogen-bond acceptors (Lipinski definition) is 6. The summed E-state index contributed by atoms with van der Waals surface area (Å²) in [6, 6.07) is 6.76. The minimum atomic E-state index is -0.850. The van der Waals surface area contributed by atoms with Gasteiger partial charge >= 0.3 is 6.09 Å². The molecule has 0 unspecified atom stereocenters. The van der Waals surface area contributed by atoms with Crippen molar-refractivity contribution in [3.8, 4) is 0 Å². The van der Waals surface area contributed by atoms with Gasteiger partial charge in [0.05, 0.1) is 19.6 Å². The standard InChI is InChI=1S/C24H35N5O5/c1-4-34-24(33)28-13-11-27(12-14-28)16-22(31)29-10-9-25-23(32)20(29)15-21(30)26-19-7-5-18(6-8-19)17(2)3/h5-8,17,20H,4,9-16H2,1-3H3,(H,25,32)(H,26,30)/t20-/m0/s1. The minimum absolute atomic E-state index is 0.111. The van der Waals surface area contributed by atoms with E-state index in [-0.39, 0.29) is 36.8 Å². The fourth-order valence-corrected chi connectivity index (χ4v) is 4.14. The van der Waals surface area contributed by atoms with Gasteiger partial charge in [-0.3, -0.25) is 19.3 Å². The molecule has 0 saturated carbocycles. The molecule has 186 valence electrons. The van der Waals surface area contributed by atoms with E-state index >= 15 is 0 Å². The van der Waals surface area contributed by atoms with Crippen LogP contribution in [-0.4, -0.2) is 97.0 Å². The van der Waals surface area contributed by atoms with Crippen molar-refractivity contribution in [2.45, 2.75) is 39.2 Å². The quantitative estimate of drug-likeness (QED) is 0.616. The average molecular weight is 474 g/mol. The largest absolute Gasteiger partial charge is 0.450 e. The summed E-state index contributed by atoms with van der Waals surface area (Å²) < 4.78 is 5.03. The molecule has 2 aliphatic heterocycles. The Morgan fingerprint density at radius 3 is 2.38 bits per heavy atom. The smallest absolute Gasteiger partial charge is 0.409 e. The predicted octanol–water partition coefficient (Wildman–Crippen LogP) is 1.24. The van der Waals surface area contributed by atoms with Crippen molar-refractivity contribution in [3.05, 3.63) is 29.8 Å². The van der Waals surface area contributed by atoms with Crippen molar-refractivity contribution in [2.24, 2.45) is 0 Å². The van der Waals surface area contributed by atoms with Crippen LogP contribution < -0.4 is 10.6 Å². The number of carbonyl (C=O) groups excluding carboxylic acids is 4. The second-order valence-electron chi connectivity index (χ2n) is 8.89. The molecular formula is C24H35N5O5. The first-order valence-electron chi connectivity index (χ1n) is 11.9. The van der Waals surface area contributed by atoms with Crippen LogP contribution in [0, 0.1) is 0 Å². The van der Waals surface area contributed by atoms with Crippen LogP contribution in [0.4, 0.5) is 10.5 Å². The monoisotopic (exact) mass is 473 g/mol. The number of ether oxygens (including phenoxy) is 1. The first-order chi connectivity index (χ1) is 16.3. The van der Waals surface area contributed by atoms with E-state index in [2.05, 4.69) is 24.5 Å². The predicted molar refractivity (Wildman–Crippen MR) is 127 cm³/mol. The minimum Gasteiger partial charge on any atom is -0.450 e. The Labute approximate surface area is 200 Å². The Balaban J connectivity index is 1.54. The van der Waals surface area contributed by atoms with Crippen LogP contribution in [0.3, 0.4) is 0 Å². The van der Waals surface area contributed by atoms with E-state index in [1.165, 1.54) is 10.5 Å². The number of anilines is 1. The first-order valence-corrected chi connectivity index (χ1v) is 11.9. The van der Waals surface area contributed by atoms with Crippen LogP contribution in [0.25, 0.3) is 0 Å². The van der Waals surface area contributed by atoms with Gasteiger partial charge in [0.1, 0.15) is 6.04 Å². The van der Waals surface area contributed by atoms with Crippen molar-refractivity contribution in [2.75, 3.05) is 57.7 Å². The van der Waals surface area contributed by atoms with E-state index < -0.39 is 6.04 Å². The van der Waals surface area contributed by atoms with Crippen LogP contribution in [0.5, 0.6) is 0 Å². The lowest BCUT2D eigenvalue weighted by molar-refractivity contribution is -0.145. The summed E-state index contributed by atoms with van der Waals surface area (Å²) in [7, 11) is 0. The molecule has 2 N–H and O–H groups in total. The lowest BCUT2D eigenvalue weighted by atomic mass is 10.0. The van der Waals surface area contributed by atoms with E-state index in [4.69, 9.17) is 4.74 Å². The van der Waals surface area contributed by atoms with Gasteiger partial charge in [-0.15, -0.1) is 0 Å². The Hall–Kier alpha value is -3.14. The third kappa shape index (κ3) is 6.69. The SMILES string of the molecule is CCOC(=O)N1CCN(CC(=O)N2CCNC(=O)[C@@H]2CC(=O)Nc2ccc(C(C)C)cc2)CC1. The molecule has 0 radical (unpaired) electrons. The summed E-state index contributed by atoms with van der Waals surface area (Å²) in [5, 5.41) is 5.58. The number of carbonyl (C=O) groups is 4. The average Bonchev–Trinajstić information content (AvgIpc) is 2.81. The number of benzene rings is 1. The molecule has 0 spiro atoms. The highest BCUT2D eigenvalue weighted by Gasteiger charge is 2.35. The molecular weight excluding hydrogens is 438 g/mol. The molecule has 2 saturated heterocycles. The number of amides is 4. The van der Waals surface area contributed by atoms with Crippen LogP contribution in [0.1, 0.15) is 38.7 Å². The zero-order chi connectivity index (χ0) is 24.7. The van der Waals surface area contributed by atoms with E-state index in [0.717, 1.165) is 0 Å². The number of nitrogens with zero attached hydrogens (tertiary/aromatic N) is 3. The molecule has 0 bridgehead atoms. The molecule has 1 atom stereocenters. The maximum absolute atomic E-state index is 13.0. The van der Waals surface area contributed by atoms with Crippen molar-refractivity contribution < 1.29 is 23.9 Å². The van der Waals surface area contributed by atoms with Crippen molar-refractivity contribution in [1.29, 1.82) is 0 Å². The fourth-order valence-electron chi connectivity index (χ4n) is 4.14. The van der Waals surface area contributed by atoms with E-state index in [0.29, 0.717) is 57.5 Å². The summed E-state index contributed by atoms with van der Waals surface area (Å²) in [4.78, 5) is 55.2. The Kier molecular flexibility index (Phi) is 8.86.